The number of fused-ring (bicyclic) bond motifs is 1. The van der Waals surface area contributed by atoms with Crippen molar-refractivity contribution in [1.82, 2.24) is 15.3 Å². The molecule has 2 aromatic carbocycles. The third kappa shape index (κ3) is 3.91. The van der Waals surface area contributed by atoms with Crippen LogP contribution in [0.1, 0.15) is 34.6 Å². The first-order valence-electron chi connectivity index (χ1n) is 8.59. The number of benzene rings is 2. The zero-order valence-electron chi connectivity index (χ0n) is 14.0. The average molecular weight is 356 g/mol. The Labute approximate surface area is 153 Å². The van der Waals surface area contributed by atoms with Crippen molar-refractivity contribution >= 4 is 29.2 Å². The molecule has 0 aliphatic carbocycles. The third-order valence-corrected chi connectivity index (χ3v) is 4.77. The number of carbonyl (C=O) groups excluding carboxylic acids is 1. The largest absolute Gasteiger partial charge is 0.342 e. The van der Waals surface area contributed by atoms with Gasteiger partial charge in [0.25, 0.3) is 0 Å². The predicted molar refractivity (Wildman–Crippen MR) is 103 cm³/mol. The van der Waals surface area contributed by atoms with Crippen LogP contribution in [-0.2, 0) is 6.42 Å². The topological polar surface area (TPSA) is 57.8 Å². The van der Waals surface area contributed by atoms with Gasteiger partial charge in [0.2, 0.25) is 0 Å². The van der Waals surface area contributed by atoms with E-state index in [-0.39, 0.29) is 18.2 Å². The van der Waals surface area contributed by atoms with Crippen LogP contribution in [0.2, 0.25) is 0 Å². The highest BCUT2D eigenvalue weighted by molar-refractivity contribution is 6.10. The van der Waals surface area contributed by atoms with Gasteiger partial charge in [0.1, 0.15) is 5.82 Å². The van der Waals surface area contributed by atoms with E-state index in [9.17, 15) is 4.79 Å². The molecule has 0 unspecified atom stereocenters. The fraction of sp³-hybridized carbons (Fsp3) is 0.300. The van der Waals surface area contributed by atoms with E-state index in [1.807, 2.05) is 48.5 Å². The van der Waals surface area contributed by atoms with E-state index in [4.69, 9.17) is 4.98 Å². The molecule has 2 heterocycles. The minimum absolute atomic E-state index is 0. The second kappa shape index (κ2) is 7.81. The molecule has 1 aliphatic heterocycles. The van der Waals surface area contributed by atoms with E-state index >= 15 is 0 Å². The summed E-state index contributed by atoms with van der Waals surface area (Å²) in [5.74, 6) is 1.77. The lowest BCUT2D eigenvalue weighted by Gasteiger charge is -2.21. The number of nitrogens with zero attached hydrogens (tertiary/aromatic N) is 1. The summed E-state index contributed by atoms with van der Waals surface area (Å²) >= 11 is 0. The van der Waals surface area contributed by atoms with Gasteiger partial charge in [0.15, 0.2) is 5.78 Å². The molecule has 4 rings (SSSR count). The Morgan fingerprint density at radius 1 is 1.04 bits per heavy atom. The van der Waals surface area contributed by atoms with Crippen LogP contribution in [0.5, 0.6) is 0 Å². The first kappa shape index (κ1) is 17.6. The van der Waals surface area contributed by atoms with Crippen LogP contribution in [0.3, 0.4) is 0 Å². The number of H-pyrrole nitrogens is 1. The lowest BCUT2D eigenvalue weighted by molar-refractivity contribution is 0.103. The third-order valence-electron chi connectivity index (χ3n) is 4.77. The second-order valence-electron chi connectivity index (χ2n) is 6.51. The van der Waals surface area contributed by atoms with Gasteiger partial charge >= 0.3 is 0 Å². The van der Waals surface area contributed by atoms with Crippen LogP contribution in [0.25, 0.3) is 11.0 Å². The number of rotatable bonds is 4. The molecule has 130 valence electrons. The maximum Gasteiger partial charge on any atom is 0.193 e. The Morgan fingerprint density at radius 2 is 1.80 bits per heavy atom. The number of aromatic nitrogens is 2. The number of hydrogen-bond donors (Lipinski definition) is 2. The van der Waals surface area contributed by atoms with Crippen molar-refractivity contribution in [3.8, 4) is 0 Å². The Hall–Kier alpha value is -2.17. The molecule has 5 heteroatoms. The van der Waals surface area contributed by atoms with E-state index in [0.29, 0.717) is 17.0 Å². The summed E-state index contributed by atoms with van der Waals surface area (Å²) < 4.78 is 0. The number of nitrogens with one attached hydrogen (secondary N) is 2. The molecule has 0 saturated carbocycles. The van der Waals surface area contributed by atoms with Gasteiger partial charge in [0.05, 0.1) is 11.0 Å². The average Bonchev–Trinajstić information content (AvgIpc) is 3.04. The van der Waals surface area contributed by atoms with Gasteiger partial charge < -0.3 is 10.3 Å². The Kier molecular flexibility index (Phi) is 5.51. The molecule has 1 saturated heterocycles. The van der Waals surface area contributed by atoms with Crippen LogP contribution in [0.15, 0.2) is 48.5 Å². The zero-order valence-corrected chi connectivity index (χ0v) is 14.8. The number of ketones is 1. The summed E-state index contributed by atoms with van der Waals surface area (Å²) in [6.07, 6.45) is 3.39. The molecule has 0 spiro atoms. The van der Waals surface area contributed by atoms with Crippen LogP contribution < -0.4 is 5.32 Å². The van der Waals surface area contributed by atoms with Crippen LogP contribution in [0, 0.1) is 5.92 Å². The molecule has 1 aromatic heterocycles. The van der Waals surface area contributed by atoms with E-state index in [2.05, 4.69) is 10.3 Å². The standard InChI is InChI=1S/C20H21N3O.ClH/c24-20(15-4-2-1-3-5-15)16-6-7-17-18(13-16)23-19(22-17)12-14-8-10-21-11-9-14;/h1-7,13-14,21H,8-12H2,(H,22,23);1H. The van der Waals surface area contributed by atoms with Gasteiger partial charge in [-0.25, -0.2) is 4.98 Å². The molecule has 0 bridgehead atoms. The number of piperidine rings is 1. The lowest BCUT2D eigenvalue weighted by atomic mass is 9.94. The molecule has 2 N–H and O–H groups in total. The monoisotopic (exact) mass is 355 g/mol. The minimum Gasteiger partial charge on any atom is -0.342 e. The molecule has 0 radical (unpaired) electrons. The summed E-state index contributed by atoms with van der Waals surface area (Å²) in [4.78, 5) is 20.7. The first-order chi connectivity index (χ1) is 11.8. The van der Waals surface area contributed by atoms with Crippen molar-refractivity contribution in [3.05, 3.63) is 65.5 Å². The van der Waals surface area contributed by atoms with E-state index in [1.54, 1.807) is 0 Å². The van der Waals surface area contributed by atoms with Crippen LogP contribution in [0.4, 0.5) is 0 Å². The molecule has 4 nitrogen and oxygen atoms in total. The van der Waals surface area contributed by atoms with E-state index < -0.39 is 0 Å². The first-order valence-corrected chi connectivity index (χ1v) is 8.59. The van der Waals surface area contributed by atoms with Crippen molar-refractivity contribution in [2.45, 2.75) is 19.3 Å². The molecule has 1 fully saturated rings. The molecule has 0 amide bonds. The summed E-state index contributed by atoms with van der Waals surface area (Å²) in [5, 5.41) is 3.39. The fourth-order valence-electron chi connectivity index (χ4n) is 3.42. The summed E-state index contributed by atoms with van der Waals surface area (Å²) in [5.41, 5.74) is 3.29. The van der Waals surface area contributed by atoms with Crippen molar-refractivity contribution in [2.75, 3.05) is 13.1 Å². The van der Waals surface area contributed by atoms with Gasteiger partial charge in [-0.2, -0.15) is 0 Å². The second-order valence-corrected chi connectivity index (χ2v) is 6.51. The molecule has 25 heavy (non-hydrogen) atoms. The summed E-state index contributed by atoms with van der Waals surface area (Å²) in [6.45, 7) is 2.20. The molecule has 0 atom stereocenters. The molecule has 3 aromatic rings. The zero-order chi connectivity index (χ0) is 16.4. The molecular formula is C20H22ClN3O. The van der Waals surface area contributed by atoms with E-state index in [0.717, 1.165) is 36.4 Å². The molecule has 1 aliphatic rings. The SMILES string of the molecule is Cl.O=C(c1ccccc1)c1ccc2nc(CC3CCNCC3)[nH]c2c1. The maximum atomic E-state index is 12.6. The Morgan fingerprint density at radius 3 is 2.56 bits per heavy atom. The van der Waals surface area contributed by atoms with E-state index in [1.165, 1.54) is 12.8 Å². The van der Waals surface area contributed by atoms with Gasteiger partial charge in [0, 0.05) is 17.5 Å². The van der Waals surface area contributed by atoms with Gasteiger partial charge in [-0.15, -0.1) is 12.4 Å². The number of aromatic amines is 1. The van der Waals surface area contributed by atoms with Crippen molar-refractivity contribution in [1.29, 1.82) is 0 Å². The van der Waals surface area contributed by atoms with Crippen molar-refractivity contribution < 1.29 is 4.79 Å². The minimum atomic E-state index is 0. The van der Waals surface area contributed by atoms with Gasteiger partial charge in [-0.05, 0) is 50.0 Å². The number of imidazole rings is 1. The number of hydrogen-bond acceptors (Lipinski definition) is 3. The predicted octanol–water partition coefficient (Wildman–Crippen LogP) is 3.76. The Balaban J connectivity index is 0.00000182. The lowest BCUT2D eigenvalue weighted by Crippen LogP contribution is -2.28. The normalized spacial score (nSPS) is 15.0. The molecular weight excluding hydrogens is 334 g/mol. The Bertz CT molecular complexity index is 854. The number of halogens is 1. The highest BCUT2D eigenvalue weighted by Gasteiger charge is 2.16. The smallest absolute Gasteiger partial charge is 0.193 e. The fourth-order valence-corrected chi connectivity index (χ4v) is 3.42. The summed E-state index contributed by atoms with van der Waals surface area (Å²) in [6, 6.07) is 15.1. The van der Waals surface area contributed by atoms with Gasteiger partial charge in [-0.3, -0.25) is 4.79 Å². The van der Waals surface area contributed by atoms with Gasteiger partial charge in [-0.1, -0.05) is 30.3 Å². The summed E-state index contributed by atoms with van der Waals surface area (Å²) in [7, 11) is 0. The highest BCUT2D eigenvalue weighted by Crippen LogP contribution is 2.21. The maximum absolute atomic E-state index is 12.6. The van der Waals surface area contributed by atoms with Crippen LogP contribution >= 0.6 is 12.4 Å². The quantitative estimate of drug-likeness (QED) is 0.700. The van der Waals surface area contributed by atoms with Crippen molar-refractivity contribution in [2.24, 2.45) is 5.92 Å². The van der Waals surface area contributed by atoms with Crippen molar-refractivity contribution in [3.63, 3.8) is 0 Å². The highest BCUT2D eigenvalue weighted by atomic mass is 35.5. The van der Waals surface area contributed by atoms with Crippen LogP contribution in [-0.4, -0.2) is 28.8 Å². The number of carbonyl (C=O) groups is 1.